The summed E-state index contributed by atoms with van der Waals surface area (Å²) in [7, 11) is 1.27. The maximum atomic E-state index is 11.4. The molecule has 1 atom stereocenters. The van der Waals surface area contributed by atoms with Gasteiger partial charge in [0.1, 0.15) is 6.04 Å². The number of amides is 2. The zero-order chi connectivity index (χ0) is 13.4. The molecule has 0 saturated heterocycles. The van der Waals surface area contributed by atoms with E-state index < -0.39 is 17.9 Å². The van der Waals surface area contributed by atoms with Gasteiger partial charge < -0.3 is 15.4 Å². The normalized spacial score (nSPS) is 11.8. The summed E-state index contributed by atoms with van der Waals surface area (Å²) in [6.45, 7) is 5.06. The van der Waals surface area contributed by atoms with Crippen LogP contribution < -0.4 is 10.6 Å². The van der Waals surface area contributed by atoms with Gasteiger partial charge in [-0.1, -0.05) is 13.8 Å². The number of carbonyl (C=O) groups excluding carboxylic acids is 3. The van der Waals surface area contributed by atoms with Gasteiger partial charge in [-0.15, -0.1) is 0 Å². The van der Waals surface area contributed by atoms with E-state index in [0.717, 1.165) is 0 Å². The van der Waals surface area contributed by atoms with Crippen LogP contribution in [-0.4, -0.2) is 37.5 Å². The molecule has 1 unspecified atom stereocenters. The topological polar surface area (TPSA) is 84.5 Å². The maximum absolute atomic E-state index is 11.4. The van der Waals surface area contributed by atoms with Crippen LogP contribution in [0.15, 0.2) is 0 Å². The van der Waals surface area contributed by atoms with Crippen molar-refractivity contribution in [2.24, 2.45) is 5.92 Å². The number of carbonyl (C=O) groups is 3. The minimum atomic E-state index is -0.666. The van der Waals surface area contributed by atoms with Crippen LogP contribution >= 0.6 is 0 Å². The highest BCUT2D eigenvalue weighted by atomic mass is 16.5. The van der Waals surface area contributed by atoms with Crippen LogP contribution in [-0.2, 0) is 19.1 Å². The summed E-state index contributed by atoms with van der Waals surface area (Å²) < 4.78 is 4.60. The first kappa shape index (κ1) is 15.4. The number of nitrogens with one attached hydrogen (secondary N) is 2. The Morgan fingerprint density at radius 2 is 1.82 bits per heavy atom. The monoisotopic (exact) mass is 244 g/mol. The molecular weight excluding hydrogens is 224 g/mol. The molecule has 17 heavy (non-hydrogen) atoms. The van der Waals surface area contributed by atoms with Gasteiger partial charge in [-0.2, -0.15) is 0 Å². The van der Waals surface area contributed by atoms with Crippen molar-refractivity contribution in [1.82, 2.24) is 10.6 Å². The number of methoxy groups -OCH3 is 1. The highest BCUT2D eigenvalue weighted by Gasteiger charge is 2.22. The number of ether oxygens (including phenoxy) is 1. The fourth-order valence-electron chi connectivity index (χ4n) is 1.28. The van der Waals surface area contributed by atoms with Crippen LogP contribution in [0.2, 0.25) is 0 Å². The molecule has 0 rings (SSSR count). The van der Waals surface area contributed by atoms with E-state index in [2.05, 4.69) is 15.4 Å². The molecule has 0 aromatic carbocycles. The van der Waals surface area contributed by atoms with Gasteiger partial charge in [0, 0.05) is 6.92 Å². The van der Waals surface area contributed by atoms with Gasteiger partial charge in [0.05, 0.1) is 13.7 Å². The molecule has 6 nitrogen and oxygen atoms in total. The molecule has 0 heterocycles. The number of esters is 1. The molecule has 0 aromatic heterocycles. The Morgan fingerprint density at radius 1 is 1.24 bits per heavy atom. The van der Waals surface area contributed by atoms with Crippen LogP contribution in [0.25, 0.3) is 0 Å². The smallest absolute Gasteiger partial charge is 0.328 e. The third-order valence-corrected chi connectivity index (χ3v) is 2.03. The average molecular weight is 244 g/mol. The first-order chi connectivity index (χ1) is 7.86. The lowest BCUT2D eigenvalue weighted by Gasteiger charge is -2.18. The second-order valence-electron chi connectivity index (χ2n) is 4.18. The molecule has 2 N–H and O–H groups in total. The molecule has 0 aliphatic rings. The van der Waals surface area contributed by atoms with E-state index in [-0.39, 0.29) is 18.4 Å². The summed E-state index contributed by atoms with van der Waals surface area (Å²) >= 11 is 0. The molecule has 0 bridgehead atoms. The minimum Gasteiger partial charge on any atom is -0.467 e. The quantitative estimate of drug-likeness (QED) is 0.635. The van der Waals surface area contributed by atoms with Crippen molar-refractivity contribution in [3.8, 4) is 0 Å². The lowest BCUT2D eigenvalue weighted by Crippen LogP contribution is -2.46. The molecule has 0 fully saturated rings. The highest BCUT2D eigenvalue weighted by molar-refractivity contribution is 5.87. The van der Waals surface area contributed by atoms with Crippen molar-refractivity contribution in [1.29, 1.82) is 0 Å². The Balaban J connectivity index is 4.27. The molecular formula is C11H20N2O4. The molecule has 0 spiro atoms. The Labute approximate surface area is 101 Å². The zero-order valence-corrected chi connectivity index (χ0v) is 10.7. The van der Waals surface area contributed by atoms with Gasteiger partial charge in [-0.25, -0.2) is 4.79 Å². The molecule has 0 radical (unpaired) electrons. The first-order valence-corrected chi connectivity index (χ1v) is 5.48. The Morgan fingerprint density at radius 3 is 2.24 bits per heavy atom. The summed E-state index contributed by atoms with van der Waals surface area (Å²) in [6, 6.07) is -0.666. The third-order valence-electron chi connectivity index (χ3n) is 2.03. The van der Waals surface area contributed by atoms with Gasteiger partial charge >= 0.3 is 5.97 Å². The number of hydrogen-bond acceptors (Lipinski definition) is 4. The first-order valence-electron chi connectivity index (χ1n) is 5.48. The fourth-order valence-corrected chi connectivity index (χ4v) is 1.28. The fraction of sp³-hybridized carbons (Fsp3) is 0.727. The summed E-state index contributed by atoms with van der Waals surface area (Å²) in [5.74, 6) is -0.926. The third kappa shape index (κ3) is 7.32. The van der Waals surface area contributed by atoms with E-state index in [1.807, 2.05) is 13.8 Å². The molecule has 0 saturated carbocycles. The van der Waals surface area contributed by atoms with Crippen LogP contribution in [0.4, 0.5) is 0 Å². The van der Waals surface area contributed by atoms with Crippen LogP contribution in [0.1, 0.15) is 27.2 Å². The van der Waals surface area contributed by atoms with Crippen molar-refractivity contribution in [2.75, 3.05) is 13.7 Å². The van der Waals surface area contributed by atoms with Crippen molar-refractivity contribution in [3.63, 3.8) is 0 Å². The van der Waals surface area contributed by atoms with Gasteiger partial charge in [0.25, 0.3) is 0 Å². The Hall–Kier alpha value is -1.59. The lowest BCUT2D eigenvalue weighted by atomic mass is 10.0. The predicted octanol–water partition coefficient (Wildman–Crippen LogP) is -0.174. The van der Waals surface area contributed by atoms with E-state index in [9.17, 15) is 14.4 Å². The Bertz CT molecular complexity index is 289. The molecule has 6 heteroatoms. The van der Waals surface area contributed by atoms with Gasteiger partial charge in [-0.05, 0) is 12.3 Å². The van der Waals surface area contributed by atoms with Crippen LogP contribution in [0.3, 0.4) is 0 Å². The molecule has 0 aliphatic heterocycles. The summed E-state index contributed by atoms with van der Waals surface area (Å²) in [6.07, 6.45) is 0.498. The predicted molar refractivity (Wildman–Crippen MR) is 62.1 cm³/mol. The zero-order valence-electron chi connectivity index (χ0n) is 10.7. The summed E-state index contributed by atoms with van der Waals surface area (Å²) in [5.41, 5.74) is 0. The summed E-state index contributed by atoms with van der Waals surface area (Å²) in [5, 5.41) is 4.88. The van der Waals surface area contributed by atoms with E-state index in [1.165, 1.54) is 14.0 Å². The molecule has 2 amide bonds. The van der Waals surface area contributed by atoms with Crippen molar-refractivity contribution < 1.29 is 19.1 Å². The Kier molecular flexibility index (Phi) is 6.93. The van der Waals surface area contributed by atoms with Crippen molar-refractivity contribution in [3.05, 3.63) is 0 Å². The SMILES string of the molecule is COC(=O)C(CC(C)C)NC(=O)CNC(C)=O. The molecule has 0 aliphatic carbocycles. The van der Waals surface area contributed by atoms with Gasteiger partial charge in [0.15, 0.2) is 0 Å². The second-order valence-corrected chi connectivity index (χ2v) is 4.18. The standard InChI is InChI=1S/C11H20N2O4/c1-7(2)5-9(11(16)17-4)13-10(15)6-12-8(3)14/h7,9H,5-6H2,1-4H3,(H,12,14)(H,13,15). The van der Waals surface area contributed by atoms with E-state index in [0.29, 0.717) is 6.42 Å². The van der Waals surface area contributed by atoms with Crippen LogP contribution in [0, 0.1) is 5.92 Å². The summed E-state index contributed by atoms with van der Waals surface area (Å²) in [4.78, 5) is 33.4. The lowest BCUT2D eigenvalue weighted by molar-refractivity contribution is -0.145. The van der Waals surface area contributed by atoms with Crippen LogP contribution in [0.5, 0.6) is 0 Å². The van der Waals surface area contributed by atoms with E-state index in [1.54, 1.807) is 0 Å². The molecule has 98 valence electrons. The number of rotatable bonds is 6. The van der Waals surface area contributed by atoms with E-state index in [4.69, 9.17) is 0 Å². The number of hydrogen-bond donors (Lipinski definition) is 2. The maximum Gasteiger partial charge on any atom is 0.328 e. The van der Waals surface area contributed by atoms with Crippen molar-refractivity contribution >= 4 is 17.8 Å². The second kappa shape index (κ2) is 7.65. The average Bonchev–Trinajstić information content (AvgIpc) is 2.23. The highest BCUT2D eigenvalue weighted by Crippen LogP contribution is 2.05. The van der Waals surface area contributed by atoms with Gasteiger partial charge in [-0.3, -0.25) is 9.59 Å². The van der Waals surface area contributed by atoms with Crippen molar-refractivity contribution in [2.45, 2.75) is 33.2 Å². The molecule has 0 aromatic rings. The largest absolute Gasteiger partial charge is 0.467 e. The van der Waals surface area contributed by atoms with Gasteiger partial charge in [0.2, 0.25) is 11.8 Å². The van der Waals surface area contributed by atoms with E-state index >= 15 is 0 Å². The minimum absolute atomic E-state index is 0.138.